The molecule has 2 rings (SSSR count). The highest BCUT2D eigenvalue weighted by Gasteiger charge is 2.06. The second-order valence-electron chi connectivity index (χ2n) is 3.37. The molecule has 0 aliphatic heterocycles. The monoisotopic (exact) mass is 250 g/mol. The van der Waals surface area contributed by atoms with Crippen LogP contribution in [0.1, 0.15) is 10.6 Å². The summed E-state index contributed by atoms with van der Waals surface area (Å²) in [4.78, 5) is 19.2. The van der Waals surface area contributed by atoms with Crippen LogP contribution in [0, 0.1) is 17.0 Å². The molecule has 0 unspecified atom stereocenters. The van der Waals surface area contributed by atoms with Crippen LogP contribution in [0.4, 0.5) is 11.5 Å². The number of hydrogen-bond donors (Lipinski definition) is 1. The Kier molecular flexibility index (Phi) is 3.29. The number of nitro groups is 1. The maximum absolute atomic E-state index is 10.4. The van der Waals surface area contributed by atoms with E-state index in [0.29, 0.717) is 12.4 Å². The Labute approximate surface area is 102 Å². The van der Waals surface area contributed by atoms with Crippen molar-refractivity contribution in [3.8, 4) is 0 Å². The van der Waals surface area contributed by atoms with Crippen molar-refractivity contribution in [3.63, 3.8) is 0 Å². The van der Waals surface area contributed by atoms with Gasteiger partial charge in [-0.1, -0.05) is 0 Å². The van der Waals surface area contributed by atoms with E-state index in [1.54, 1.807) is 22.9 Å². The Morgan fingerprint density at radius 3 is 2.82 bits per heavy atom. The van der Waals surface area contributed by atoms with Gasteiger partial charge in [-0.25, -0.2) is 9.97 Å². The summed E-state index contributed by atoms with van der Waals surface area (Å²) in [5, 5.41) is 13.5. The van der Waals surface area contributed by atoms with Crippen molar-refractivity contribution in [2.45, 2.75) is 13.5 Å². The molecule has 0 atom stereocenters. The average Bonchev–Trinajstić information content (AvgIpc) is 2.73. The van der Waals surface area contributed by atoms with Crippen LogP contribution in [0.25, 0.3) is 0 Å². The summed E-state index contributed by atoms with van der Waals surface area (Å²) >= 11 is 1.57. The fourth-order valence-corrected chi connectivity index (χ4v) is 1.98. The Bertz CT molecular complexity index is 523. The van der Waals surface area contributed by atoms with Crippen molar-refractivity contribution in [2.24, 2.45) is 0 Å². The largest absolute Gasteiger partial charge is 0.365 e. The molecule has 0 amide bonds. The van der Waals surface area contributed by atoms with Gasteiger partial charge in [0, 0.05) is 10.9 Å². The zero-order chi connectivity index (χ0) is 12.3. The number of aromatic nitrogens is 2. The molecular formula is C10H10N4O2S. The molecule has 0 aliphatic carbocycles. The predicted molar refractivity (Wildman–Crippen MR) is 65.1 cm³/mol. The van der Waals surface area contributed by atoms with E-state index in [2.05, 4.69) is 15.3 Å². The predicted octanol–water partition coefficient (Wildman–Crippen LogP) is 2.37. The summed E-state index contributed by atoms with van der Waals surface area (Å²) in [5.41, 5.74) is 2.77. The van der Waals surface area contributed by atoms with Crippen molar-refractivity contribution in [1.82, 2.24) is 9.97 Å². The summed E-state index contributed by atoms with van der Waals surface area (Å²) in [7, 11) is 0. The van der Waals surface area contributed by atoms with E-state index in [0.717, 1.165) is 10.6 Å². The number of pyridine rings is 1. The molecule has 2 heterocycles. The highest BCUT2D eigenvalue weighted by molar-refractivity contribution is 7.09. The molecule has 7 heteroatoms. The third-order valence-corrected chi connectivity index (χ3v) is 3.17. The van der Waals surface area contributed by atoms with E-state index in [-0.39, 0.29) is 5.69 Å². The Hall–Kier alpha value is -2.02. The van der Waals surface area contributed by atoms with Gasteiger partial charge in [-0.2, -0.15) is 0 Å². The van der Waals surface area contributed by atoms with Crippen LogP contribution in [0.15, 0.2) is 23.8 Å². The van der Waals surface area contributed by atoms with Crippen LogP contribution in [0.3, 0.4) is 0 Å². The maximum Gasteiger partial charge on any atom is 0.287 e. The lowest BCUT2D eigenvalue weighted by molar-refractivity contribution is -0.385. The third kappa shape index (κ3) is 2.76. The molecule has 0 aromatic carbocycles. The summed E-state index contributed by atoms with van der Waals surface area (Å²) in [5.74, 6) is 0.614. The van der Waals surface area contributed by atoms with Crippen LogP contribution in [0.2, 0.25) is 0 Å². The van der Waals surface area contributed by atoms with Gasteiger partial charge in [0.1, 0.15) is 12.0 Å². The van der Waals surface area contributed by atoms with Gasteiger partial charge in [0.25, 0.3) is 5.69 Å². The molecule has 88 valence electrons. The Balaban J connectivity index is 2.00. The molecule has 0 radical (unpaired) electrons. The zero-order valence-corrected chi connectivity index (χ0v) is 9.90. The van der Waals surface area contributed by atoms with E-state index < -0.39 is 4.92 Å². The first-order valence-corrected chi connectivity index (χ1v) is 5.78. The first-order valence-electron chi connectivity index (χ1n) is 4.90. The quantitative estimate of drug-likeness (QED) is 0.665. The molecule has 0 saturated carbocycles. The second-order valence-corrected chi connectivity index (χ2v) is 4.31. The fourth-order valence-electron chi connectivity index (χ4n) is 1.27. The average molecular weight is 250 g/mol. The Morgan fingerprint density at radius 2 is 2.29 bits per heavy atom. The molecule has 0 aliphatic rings. The van der Waals surface area contributed by atoms with E-state index in [1.165, 1.54) is 12.3 Å². The number of rotatable bonds is 4. The summed E-state index contributed by atoms with van der Waals surface area (Å²) in [6.07, 6.45) is 1.24. The topological polar surface area (TPSA) is 81.0 Å². The molecule has 0 spiro atoms. The third-order valence-electron chi connectivity index (χ3n) is 2.23. The minimum absolute atomic E-state index is 0.00970. The van der Waals surface area contributed by atoms with Crippen LogP contribution in [-0.2, 0) is 6.54 Å². The maximum atomic E-state index is 10.4. The first kappa shape index (κ1) is 11.5. The van der Waals surface area contributed by atoms with Crippen molar-refractivity contribution >= 4 is 22.8 Å². The number of aryl methyl sites for hydroxylation is 1. The number of nitrogens with zero attached hydrogens (tertiary/aromatic N) is 3. The SMILES string of the molecule is Cc1ncsc1CNc1ccc([N+](=O)[O-])cn1. The number of anilines is 1. The smallest absolute Gasteiger partial charge is 0.287 e. The highest BCUT2D eigenvalue weighted by atomic mass is 32.1. The van der Waals surface area contributed by atoms with Gasteiger partial charge in [-0.05, 0) is 13.0 Å². The minimum Gasteiger partial charge on any atom is -0.365 e. The lowest BCUT2D eigenvalue weighted by atomic mass is 10.3. The van der Waals surface area contributed by atoms with Gasteiger partial charge in [-0.3, -0.25) is 10.1 Å². The molecule has 1 N–H and O–H groups in total. The van der Waals surface area contributed by atoms with Gasteiger partial charge >= 0.3 is 0 Å². The van der Waals surface area contributed by atoms with Crippen LogP contribution in [0.5, 0.6) is 0 Å². The van der Waals surface area contributed by atoms with Crippen molar-refractivity contribution in [1.29, 1.82) is 0 Å². The fraction of sp³-hybridized carbons (Fsp3) is 0.200. The number of thiazole rings is 1. The first-order chi connectivity index (χ1) is 8.16. The van der Waals surface area contributed by atoms with Crippen molar-refractivity contribution in [2.75, 3.05) is 5.32 Å². The molecule has 2 aromatic heterocycles. The molecular weight excluding hydrogens is 240 g/mol. The zero-order valence-electron chi connectivity index (χ0n) is 9.08. The normalized spacial score (nSPS) is 10.2. The van der Waals surface area contributed by atoms with E-state index >= 15 is 0 Å². The summed E-state index contributed by atoms with van der Waals surface area (Å²) in [6.45, 7) is 2.57. The van der Waals surface area contributed by atoms with Gasteiger partial charge in [0.2, 0.25) is 0 Å². The van der Waals surface area contributed by atoms with Crippen molar-refractivity contribution < 1.29 is 4.92 Å². The van der Waals surface area contributed by atoms with E-state index in [4.69, 9.17) is 0 Å². The van der Waals surface area contributed by atoms with Gasteiger partial charge < -0.3 is 5.32 Å². The van der Waals surface area contributed by atoms with Crippen molar-refractivity contribution in [3.05, 3.63) is 44.5 Å². The minimum atomic E-state index is -0.468. The van der Waals surface area contributed by atoms with Crippen LogP contribution in [-0.4, -0.2) is 14.9 Å². The molecule has 6 nitrogen and oxygen atoms in total. The lowest BCUT2D eigenvalue weighted by Crippen LogP contribution is -2.01. The summed E-state index contributed by atoms with van der Waals surface area (Å²) in [6, 6.07) is 3.02. The van der Waals surface area contributed by atoms with E-state index in [1.807, 2.05) is 6.92 Å². The second kappa shape index (κ2) is 4.88. The molecule has 0 saturated heterocycles. The molecule has 0 fully saturated rings. The van der Waals surface area contributed by atoms with Gasteiger partial charge in [0.15, 0.2) is 0 Å². The van der Waals surface area contributed by atoms with Crippen LogP contribution < -0.4 is 5.32 Å². The lowest BCUT2D eigenvalue weighted by Gasteiger charge is -2.03. The summed E-state index contributed by atoms with van der Waals surface area (Å²) < 4.78 is 0. The number of hydrogen-bond acceptors (Lipinski definition) is 6. The van der Waals surface area contributed by atoms with Crippen LogP contribution >= 0.6 is 11.3 Å². The molecule has 2 aromatic rings. The van der Waals surface area contributed by atoms with Gasteiger partial charge in [-0.15, -0.1) is 11.3 Å². The highest BCUT2D eigenvalue weighted by Crippen LogP contribution is 2.15. The van der Waals surface area contributed by atoms with E-state index in [9.17, 15) is 10.1 Å². The molecule has 0 bridgehead atoms. The molecule has 17 heavy (non-hydrogen) atoms. The number of nitrogens with one attached hydrogen (secondary N) is 1. The Morgan fingerprint density at radius 1 is 1.47 bits per heavy atom. The standard InChI is InChI=1S/C10H10N4O2S/c1-7-9(17-6-13-7)5-12-10-3-2-8(4-11-10)14(15)16/h2-4,6H,5H2,1H3,(H,11,12). The van der Waals surface area contributed by atoms with Gasteiger partial charge in [0.05, 0.1) is 22.7 Å².